The molecule has 0 aliphatic carbocycles. The third-order valence-corrected chi connectivity index (χ3v) is 4.42. The third-order valence-electron chi connectivity index (χ3n) is 4.42. The van der Waals surface area contributed by atoms with Gasteiger partial charge >= 0.3 is 0 Å². The van der Waals surface area contributed by atoms with Gasteiger partial charge in [0.05, 0.1) is 23.9 Å². The molecule has 27 heavy (non-hydrogen) atoms. The Bertz CT molecular complexity index is 806. The van der Waals surface area contributed by atoms with Crippen molar-refractivity contribution in [3.63, 3.8) is 0 Å². The lowest BCUT2D eigenvalue weighted by atomic mass is 10.1. The SMILES string of the molecule is CCCCCCCCOc1ccc(/C=N/Nc2nc3ccccc3[nH]2)cc1. The van der Waals surface area contributed by atoms with Crippen LogP contribution in [0.5, 0.6) is 5.75 Å². The van der Waals surface area contributed by atoms with Crippen molar-refractivity contribution in [3.05, 3.63) is 54.1 Å². The lowest BCUT2D eigenvalue weighted by Crippen LogP contribution is -1.97. The molecule has 5 heteroatoms. The summed E-state index contributed by atoms with van der Waals surface area (Å²) in [6.07, 6.45) is 9.42. The Balaban J connectivity index is 1.40. The fourth-order valence-electron chi connectivity index (χ4n) is 2.90. The van der Waals surface area contributed by atoms with Crippen molar-refractivity contribution in [2.45, 2.75) is 45.4 Å². The van der Waals surface area contributed by atoms with Crippen molar-refractivity contribution in [1.29, 1.82) is 0 Å². The van der Waals surface area contributed by atoms with Gasteiger partial charge in [-0.2, -0.15) is 5.10 Å². The van der Waals surface area contributed by atoms with Gasteiger partial charge in [0.15, 0.2) is 0 Å². The van der Waals surface area contributed by atoms with Crippen LogP contribution in [-0.2, 0) is 0 Å². The van der Waals surface area contributed by atoms with Crippen molar-refractivity contribution >= 4 is 23.2 Å². The van der Waals surface area contributed by atoms with Crippen LogP contribution in [0.4, 0.5) is 5.95 Å². The van der Waals surface area contributed by atoms with Gasteiger partial charge in [-0.15, -0.1) is 0 Å². The minimum absolute atomic E-state index is 0.631. The average Bonchev–Trinajstić information content (AvgIpc) is 3.11. The van der Waals surface area contributed by atoms with Crippen molar-refractivity contribution in [2.24, 2.45) is 5.10 Å². The van der Waals surface area contributed by atoms with Crippen LogP contribution in [0, 0.1) is 0 Å². The first-order chi connectivity index (χ1) is 13.3. The Kier molecular flexibility index (Phi) is 7.27. The van der Waals surface area contributed by atoms with Crippen LogP contribution in [-0.4, -0.2) is 22.8 Å². The van der Waals surface area contributed by atoms with Gasteiger partial charge in [-0.25, -0.2) is 10.4 Å². The van der Waals surface area contributed by atoms with Crippen LogP contribution in [0.1, 0.15) is 51.0 Å². The van der Waals surface area contributed by atoms with E-state index in [1.165, 1.54) is 32.1 Å². The number of fused-ring (bicyclic) bond motifs is 1. The van der Waals surface area contributed by atoms with Gasteiger partial charge in [0.2, 0.25) is 5.95 Å². The van der Waals surface area contributed by atoms with Crippen LogP contribution < -0.4 is 10.2 Å². The summed E-state index contributed by atoms with van der Waals surface area (Å²) in [6, 6.07) is 15.9. The molecule has 3 rings (SSSR count). The number of H-pyrrole nitrogens is 1. The van der Waals surface area contributed by atoms with Crippen molar-refractivity contribution in [2.75, 3.05) is 12.0 Å². The molecule has 2 aromatic carbocycles. The molecule has 3 aromatic rings. The van der Waals surface area contributed by atoms with E-state index in [0.717, 1.165) is 35.4 Å². The Morgan fingerprint density at radius 3 is 2.59 bits per heavy atom. The molecule has 142 valence electrons. The van der Waals surface area contributed by atoms with E-state index < -0.39 is 0 Å². The van der Waals surface area contributed by atoms with Crippen LogP contribution in [0.25, 0.3) is 11.0 Å². The molecule has 0 amide bonds. The molecule has 0 unspecified atom stereocenters. The number of unbranched alkanes of at least 4 members (excludes halogenated alkanes) is 5. The first kappa shape index (κ1) is 19.0. The summed E-state index contributed by atoms with van der Waals surface area (Å²) in [6.45, 7) is 3.03. The number of para-hydroxylation sites is 2. The quantitative estimate of drug-likeness (QED) is 0.259. The van der Waals surface area contributed by atoms with E-state index in [9.17, 15) is 0 Å². The van der Waals surface area contributed by atoms with Gasteiger partial charge in [-0.05, 0) is 48.4 Å². The second-order valence-electron chi connectivity index (χ2n) is 6.66. The van der Waals surface area contributed by atoms with Gasteiger partial charge in [0.25, 0.3) is 0 Å². The number of anilines is 1. The number of hydrazone groups is 1. The molecule has 5 nitrogen and oxygen atoms in total. The number of aromatic nitrogens is 2. The van der Waals surface area contributed by atoms with Crippen LogP contribution in [0.15, 0.2) is 53.6 Å². The molecule has 1 aromatic heterocycles. The minimum Gasteiger partial charge on any atom is -0.494 e. The first-order valence-electron chi connectivity index (χ1n) is 9.82. The number of hydrogen-bond acceptors (Lipinski definition) is 4. The zero-order valence-electron chi connectivity index (χ0n) is 15.9. The monoisotopic (exact) mass is 364 g/mol. The summed E-state index contributed by atoms with van der Waals surface area (Å²) in [4.78, 5) is 7.60. The number of imidazole rings is 1. The number of nitrogens with one attached hydrogen (secondary N) is 2. The van der Waals surface area contributed by atoms with Gasteiger partial charge in [-0.3, -0.25) is 0 Å². The molecule has 0 radical (unpaired) electrons. The van der Waals surface area contributed by atoms with Crippen LogP contribution >= 0.6 is 0 Å². The van der Waals surface area contributed by atoms with Crippen LogP contribution in [0.3, 0.4) is 0 Å². The highest BCUT2D eigenvalue weighted by atomic mass is 16.5. The Hall–Kier alpha value is -2.82. The highest BCUT2D eigenvalue weighted by molar-refractivity contribution is 5.81. The molecule has 0 saturated heterocycles. The van der Waals surface area contributed by atoms with E-state index in [0.29, 0.717) is 5.95 Å². The van der Waals surface area contributed by atoms with Crippen molar-refractivity contribution in [1.82, 2.24) is 9.97 Å². The first-order valence-corrected chi connectivity index (χ1v) is 9.82. The minimum atomic E-state index is 0.631. The number of benzene rings is 2. The zero-order chi connectivity index (χ0) is 18.7. The fraction of sp³-hybridized carbons (Fsp3) is 0.364. The summed E-state index contributed by atoms with van der Waals surface area (Å²) in [5, 5.41) is 4.24. The second-order valence-corrected chi connectivity index (χ2v) is 6.66. The predicted molar refractivity (Wildman–Crippen MR) is 113 cm³/mol. The largest absolute Gasteiger partial charge is 0.494 e. The van der Waals surface area contributed by atoms with Gasteiger partial charge in [-0.1, -0.05) is 51.2 Å². The molecule has 0 aliphatic rings. The molecule has 2 N–H and O–H groups in total. The van der Waals surface area contributed by atoms with E-state index in [2.05, 4.69) is 27.4 Å². The molecule has 0 atom stereocenters. The van der Waals surface area contributed by atoms with E-state index in [-0.39, 0.29) is 0 Å². The normalized spacial score (nSPS) is 11.3. The smallest absolute Gasteiger partial charge is 0.222 e. The summed E-state index contributed by atoms with van der Waals surface area (Å²) < 4.78 is 5.80. The summed E-state index contributed by atoms with van der Waals surface area (Å²) in [5.74, 6) is 1.54. The van der Waals surface area contributed by atoms with E-state index in [1.807, 2.05) is 48.5 Å². The highest BCUT2D eigenvalue weighted by Gasteiger charge is 1.99. The lowest BCUT2D eigenvalue weighted by Gasteiger charge is -2.06. The molecule has 0 fully saturated rings. The highest BCUT2D eigenvalue weighted by Crippen LogP contribution is 2.14. The Labute approximate surface area is 160 Å². The van der Waals surface area contributed by atoms with Crippen molar-refractivity contribution < 1.29 is 4.74 Å². The number of rotatable bonds is 11. The summed E-state index contributed by atoms with van der Waals surface area (Å²) >= 11 is 0. The predicted octanol–water partition coefficient (Wildman–Crippen LogP) is 5.75. The number of hydrogen-bond donors (Lipinski definition) is 2. The van der Waals surface area contributed by atoms with Crippen LogP contribution in [0.2, 0.25) is 0 Å². The fourth-order valence-corrected chi connectivity index (χ4v) is 2.90. The Morgan fingerprint density at radius 1 is 1.00 bits per heavy atom. The molecule has 0 aliphatic heterocycles. The number of nitrogens with zero attached hydrogens (tertiary/aromatic N) is 2. The molecule has 0 spiro atoms. The summed E-state index contributed by atoms with van der Waals surface area (Å²) in [5.41, 5.74) is 5.84. The van der Waals surface area contributed by atoms with E-state index >= 15 is 0 Å². The molecular weight excluding hydrogens is 336 g/mol. The average molecular weight is 364 g/mol. The van der Waals surface area contributed by atoms with Gasteiger partial charge < -0.3 is 9.72 Å². The van der Waals surface area contributed by atoms with Gasteiger partial charge in [0.1, 0.15) is 5.75 Å². The molecule has 1 heterocycles. The van der Waals surface area contributed by atoms with E-state index in [1.54, 1.807) is 6.21 Å². The number of aromatic amines is 1. The zero-order valence-corrected chi connectivity index (χ0v) is 15.9. The summed E-state index contributed by atoms with van der Waals surface area (Å²) in [7, 11) is 0. The maximum atomic E-state index is 5.80. The van der Waals surface area contributed by atoms with Gasteiger partial charge in [0, 0.05) is 0 Å². The number of ether oxygens (including phenoxy) is 1. The van der Waals surface area contributed by atoms with Crippen molar-refractivity contribution in [3.8, 4) is 5.75 Å². The maximum absolute atomic E-state index is 5.80. The topological polar surface area (TPSA) is 62.3 Å². The maximum Gasteiger partial charge on any atom is 0.222 e. The third kappa shape index (κ3) is 6.13. The molecule has 0 saturated carbocycles. The molecular formula is C22H28N4O. The molecule has 0 bridgehead atoms. The lowest BCUT2D eigenvalue weighted by molar-refractivity contribution is 0.304. The standard InChI is InChI=1S/C22H28N4O/c1-2-3-4-5-6-9-16-27-19-14-12-18(13-15-19)17-23-26-22-24-20-10-7-8-11-21(20)25-22/h7-8,10-15,17H,2-6,9,16H2,1H3,(H2,24,25,26)/b23-17+. The van der Waals surface area contributed by atoms with E-state index in [4.69, 9.17) is 4.74 Å². The Morgan fingerprint density at radius 2 is 1.78 bits per heavy atom. The second kappa shape index (κ2) is 10.4.